The van der Waals surface area contributed by atoms with Gasteiger partial charge in [-0.2, -0.15) is 0 Å². The number of hydrogen-bond acceptors (Lipinski definition) is 3. The molecule has 0 aromatic heterocycles. The maximum atomic E-state index is 13.0. The van der Waals surface area contributed by atoms with Crippen LogP contribution in [0.5, 0.6) is 0 Å². The average molecular weight is 357 g/mol. The number of carbonyl (C=O) groups excluding carboxylic acids is 1. The molecule has 2 aromatic carbocycles. The van der Waals surface area contributed by atoms with Crippen LogP contribution >= 0.6 is 11.6 Å². The number of sulfonamides is 1. The number of benzene rings is 2. The zero-order valence-electron chi connectivity index (χ0n) is 11.9. The molecule has 0 unspecified atom stereocenters. The highest BCUT2D eigenvalue weighted by molar-refractivity contribution is 7.89. The average Bonchev–Trinajstić information content (AvgIpc) is 2.48. The van der Waals surface area contributed by atoms with Crippen molar-refractivity contribution in [3.63, 3.8) is 0 Å². The van der Waals surface area contributed by atoms with Gasteiger partial charge in [0.25, 0.3) is 0 Å². The minimum absolute atomic E-state index is 0.0201. The van der Waals surface area contributed by atoms with E-state index in [0.29, 0.717) is 12.1 Å². The van der Waals surface area contributed by atoms with E-state index < -0.39 is 15.8 Å². The molecule has 0 saturated heterocycles. The van der Waals surface area contributed by atoms with Gasteiger partial charge in [-0.05, 0) is 42.3 Å². The summed E-state index contributed by atoms with van der Waals surface area (Å²) < 4.78 is 35.3. The molecule has 2 aromatic rings. The quantitative estimate of drug-likeness (QED) is 0.863. The van der Waals surface area contributed by atoms with Crippen LogP contribution in [0.2, 0.25) is 5.02 Å². The fourth-order valence-corrected chi connectivity index (χ4v) is 2.60. The largest absolute Gasteiger partial charge is 0.326 e. The molecule has 0 atom stereocenters. The van der Waals surface area contributed by atoms with Crippen molar-refractivity contribution in [2.75, 3.05) is 5.32 Å². The number of nitrogens with one attached hydrogen (secondary N) is 1. The van der Waals surface area contributed by atoms with E-state index in [2.05, 4.69) is 5.32 Å². The molecule has 0 bridgehead atoms. The van der Waals surface area contributed by atoms with Crippen LogP contribution < -0.4 is 10.5 Å². The van der Waals surface area contributed by atoms with Gasteiger partial charge in [-0.1, -0.05) is 23.7 Å². The zero-order chi connectivity index (χ0) is 17.0. The molecule has 3 N–H and O–H groups in total. The van der Waals surface area contributed by atoms with E-state index in [0.717, 1.165) is 5.56 Å². The Balaban J connectivity index is 1.92. The fourth-order valence-electron chi connectivity index (χ4n) is 1.90. The standard InChI is InChI=1S/C15H14ClFN2O3S/c16-13-9-11(4-7-14(13)17)19-15(20)8-3-10-1-5-12(6-2-10)23(18,21)22/h1-2,4-7,9H,3,8H2,(H,19,20)(H2,18,21,22). The Kier molecular flexibility index (Phi) is 5.35. The van der Waals surface area contributed by atoms with Crippen molar-refractivity contribution in [1.29, 1.82) is 0 Å². The molecular formula is C15H14ClFN2O3S. The van der Waals surface area contributed by atoms with Crippen molar-refractivity contribution in [3.05, 3.63) is 58.9 Å². The first-order chi connectivity index (χ1) is 10.8. The van der Waals surface area contributed by atoms with E-state index in [9.17, 15) is 17.6 Å². The molecule has 23 heavy (non-hydrogen) atoms. The Labute approximate surface area is 138 Å². The van der Waals surface area contributed by atoms with Crippen molar-refractivity contribution in [2.45, 2.75) is 17.7 Å². The van der Waals surface area contributed by atoms with Crippen LogP contribution in [0.3, 0.4) is 0 Å². The lowest BCUT2D eigenvalue weighted by atomic mass is 10.1. The molecule has 0 aliphatic rings. The van der Waals surface area contributed by atoms with Crippen molar-refractivity contribution in [2.24, 2.45) is 5.14 Å². The molecule has 0 radical (unpaired) electrons. The predicted octanol–water partition coefficient (Wildman–Crippen LogP) is 2.70. The SMILES string of the molecule is NS(=O)(=O)c1ccc(CCC(=O)Nc2ccc(F)c(Cl)c2)cc1. The molecular weight excluding hydrogens is 343 g/mol. The maximum Gasteiger partial charge on any atom is 0.238 e. The van der Waals surface area contributed by atoms with E-state index in [1.807, 2.05) is 0 Å². The molecule has 8 heteroatoms. The minimum Gasteiger partial charge on any atom is -0.326 e. The van der Waals surface area contributed by atoms with Crippen molar-refractivity contribution in [1.82, 2.24) is 0 Å². The molecule has 122 valence electrons. The third-order valence-corrected chi connectivity index (χ3v) is 4.31. The van der Waals surface area contributed by atoms with Gasteiger partial charge >= 0.3 is 0 Å². The van der Waals surface area contributed by atoms with E-state index in [1.54, 1.807) is 12.1 Å². The second kappa shape index (κ2) is 7.08. The monoisotopic (exact) mass is 356 g/mol. The lowest BCUT2D eigenvalue weighted by molar-refractivity contribution is -0.116. The van der Waals surface area contributed by atoms with Gasteiger partial charge in [0.1, 0.15) is 5.82 Å². The summed E-state index contributed by atoms with van der Waals surface area (Å²) in [5, 5.41) is 7.55. The number of carbonyl (C=O) groups is 1. The lowest BCUT2D eigenvalue weighted by Crippen LogP contribution is -2.13. The van der Waals surface area contributed by atoms with E-state index in [4.69, 9.17) is 16.7 Å². The highest BCUT2D eigenvalue weighted by Gasteiger charge is 2.08. The first-order valence-electron chi connectivity index (χ1n) is 6.62. The number of aryl methyl sites for hydroxylation is 1. The fraction of sp³-hybridized carbons (Fsp3) is 0.133. The molecule has 0 aliphatic carbocycles. The van der Waals surface area contributed by atoms with E-state index in [1.165, 1.54) is 30.3 Å². The molecule has 1 amide bonds. The van der Waals surface area contributed by atoms with Gasteiger partial charge in [-0.25, -0.2) is 17.9 Å². The van der Waals surface area contributed by atoms with Gasteiger partial charge in [-0.3, -0.25) is 4.79 Å². The van der Waals surface area contributed by atoms with E-state index >= 15 is 0 Å². The molecule has 0 heterocycles. The second-order valence-electron chi connectivity index (χ2n) is 4.87. The number of amides is 1. The molecule has 5 nitrogen and oxygen atoms in total. The number of anilines is 1. The predicted molar refractivity (Wildman–Crippen MR) is 86.2 cm³/mol. The summed E-state index contributed by atoms with van der Waals surface area (Å²) in [6.45, 7) is 0. The lowest BCUT2D eigenvalue weighted by Gasteiger charge is -2.06. The number of halogens is 2. The topological polar surface area (TPSA) is 89.3 Å². The van der Waals surface area contributed by atoms with Crippen molar-refractivity contribution in [3.8, 4) is 0 Å². The third-order valence-electron chi connectivity index (χ3n) is 3.10. The Morgan fingerprint density at radius 3 is 2.39 bits per heavy atom. The molecule has 0 saturated carbocycles. The first kappa shape index (κ1) is 17.4. The Morgan fingerprint density at radius 2 is 1.83 bits per heavy atom. The van der Waals surface area contributed by atoms with Gasteiger partial charge < -0.3 is 5.32 Å². The van der Waals surface area contributed by atoms with Crippen molar-refractivity contribution < 1.29 is 17.6 Å². The van der Waals surface area contributed by atoms with Crippen LogP contribution in [0, 0.1) is 5.82 Å². The summed E-state index contributed by atoms with van der Waals surface area (Å²) in [7, 11) is -3.72. The Morgan fingerprint density at radius 1 is 1.17 bits per heavy atom. The Hall–Kier alpha value is -1.96. The highest BCUT2D eigenvalue weighted by Crippen LogP contribution is 2.19. The van der Waals surface area contributed by atoms with Crippen LogP contribution in [0.4, 0.5) is 10.1 Å². The highest BCUT2D eigenvalue weighted by atomic mass is 35.5. The zero-order valence-corrected chi connectivity index (χ0v) is 13.5. The normalized spacial score (nSPS) is 11.3. The summed E-state index contributed by atoms with van der Waals surface area (Å²) in [5.41, 5.74) is 1.20. The summed E-state index contributed by atoms with van der Waals surface area (Å²) in [4.78, 5) is 11.9. The summed E-state index contributed by atoms with van der Waals surface area (Å²) in [5.74, 6) is -0.817. The van der Waals surface area contributed by atoms with Crippen LogP contribution in [0.15, 0.2) is 47.4 Å². The van der Waals surface area contributed by atoms with Crippen LogP contribution in [0.1, 0.15) is 12.0 Å². The summed E-state index contributed by atoms with van der Waals surface area (Å²) in [6.07, 6.45) is 0.607. The minimum atomic E-state index is -3.72. The van der Waals surface area contributed by atoms with Crippen LogP contribution in [-0.4, -0.2) is 14.3 Å². The summed E-state index contributed by atoms with van der Waals surface area (Å²) >= 11 is 5.64. The van der Waals surface area contributed by atoms with Crippen molar-refractivity contribution >= 4 is 33.2 Å². The third kappa shape index (κ3) is 5.02. The smallest absolute Gasteiger partial charge is 0.238 e. The van der Waals surface area contributed by atoms with Gasteiger partial charge in [0.2, 0.25) is 15.9 Å². The van der Waals surface area contributed by atoms with Gasteiger partial charge in [0, 0.05) is 12.1 Å². The van der Waals surface area contributed by atoms with Gasteiger partial charge in [0.15, 0.2) is 0 Å². The molecule has 0 spiro atoms. The second-order valence-corrected chi connectivity index (χ2v) is 6.83. The van der Waals surface area contributed by atoms with Gasteiger partial charge in [0.05, 0.1) is 9.92 Å². The molecule has 2 rings (SSSR count). The number of primary sulfonamides is 1. The first-order valence-corrected chi connectivity index (χ1v) is 8.55. The number of hydrogen-bond donors (Lipinski definition) is 2. The van der Waals surface area contributed by atoms with Crippen LogP contribution in [-0.2, 0) is 21.2 Å². The maximum absolute atomic E-state index is 13.0. The number of rotatable bonds is 5. The summed E-state index contributed by atoms with van der Waals surface area (Å²) in [6, 6.07) is 9.90. The van der Waals surface area contributed by atoms with Crippen LogP contribution in [0.25, 0.3) is 0 Å². The van der Waals surface area contributed by atoms with Gasteiger partial charge in [-0.15, -0.1) is 0 Å². The molecule has 0 aliphatic heterocycles. The molecule has 0 fully saturated rings. The Bertz CT molecular complexity index is 823. The number of nitrogens with two attached hydrogens (primary N) is 1. The van der Waals surface area contributed by atoms with E-state index in [-0.39, 0.29) is 22.2 Å².